The molecule has 1 aliphatic heterocycles. The van der Waals surface area contributed by atoms with Crippen LogP contribution in [0.25, 0.3) is 11.0 Å². The van der Waals surface area contributed by atoms with Crippen LogP contribution in [-0.2, 0) is 11.3 Å². The summed E-state index contributed by atoms with van der Waals surface area (Å²) in [5.74, 6) is -0.947. The Morgan fingerprint density at radius 1 is 1.24 bits per heavy atom. The first-order valence-corrected chi connectivity index (χ1v) is 10.4. The Morgan fingerprint density at radius 2 is 2.12 bits per heavy atom. The molecule has 0 radical (unpaired) electrons. The summed E-state index contributed by atoms with van der Waals surface area (Å²) in [6, 6.07) is 9.36. The Bertz CT molecular complexity index is 1330. The number of para-hydroxylation sites is 1. The number of ketones is 1. The van der Waals surface area contributed by atoms with Crippen molar-refractivity contribution < 1.29 is 28.3 Å². The summed E-state index contributed by atoms with van der Waals surface area (Å²) in [7, 11) is 1.51. The van der Waals surface area contributed by atoms with Gasteiger partial charge in [-0.2, -0.15) is 0 Å². The zero-order valence-electron chi connectivity index (χ0n) is 17.8. The Hall–Kier alpha value is -4.27. The molecule has 1 aliphatic rings. The number of furan rings is 2. The molecule has 0 aliphatic carbocycles. The van der Waals surface area contributed by atoms with Crippen molar-refractivity contribution in [2.24, 2.45) is 0 Å². The zero-order chi connectivity index (χ0) is 22.9. The van der Waals surface area contributed by atoms with Gasteiger partial charge in [-0.05, 0) is 30.7 Å². The molecular weight excluding hydrogens is 426 g/mol. The predicted octanol–water partition coefficient (Wildman–Crippen LogP) is 3.90. The van der Waals surface area contributed by atoms with Crippen LogP contribution >= 0.6 is 0 Å². The van der Waals surface area contributed by atoms with Crippen molar-refractivity contribution >= 4 is 22.7 Å². The van der Waals surface area contributed by atoms with Crippen LogP contribution in [0, 0.1) is 0 Å². The molecule has 1 atom stereocenters. The number of methoxy groups -OCH3 is 1. The molecule has 168 valence electrons. The summed E-state index contributed by atoms with van der Waals surface area (Å²) in [4.78, 5) is 31.9. The third kappa shape index (κ3) is 3.57. The van der Waals surface area contributed by atoms with Crippen LogP contribution in [0.1, 0.15) is 28.8 Å². The van der Waals surface area contributed by atoms with Gasteiger partial charge in [0.1, 0.15) is 11.8 Å². The second-order valence-electron chi connectivity index (χ2n) is 7.65. The molecule has 1 aromatic carbocycles. The average Bonchev–Trinajstić information content (AvgIpc) is 3.62. The van der Waals surface area contributed by atoms with E-state index < -0.39 is 23.5 Å². The van der Waals surface area contributed by atoms with Gasteiger partial charge in [-0.3, -0.25) is 9.59 Å². The van der Waals surface area contributed by atoms with Crippen molar-refractivity contribution in [3.05, 3.63) is 84.2 Å². The van der Waals surface area contributed by atoms with E-state index in [1.807, 2.05) is 10.8 Å². The maximum atomic E-state index is 13.5. The molecule has 1 amide bonds. The highest BCUT2D eigenvalue weighted by Crippen LogP contribution is 2.40. The van der Waals surface area contributed by atoms with E-state index >= 15 is 0 Å². The third-order valence-electron chi connectivity index (χ3n) is 5.69. The van der Waals surface area contributed by atoms with Crippen LogP contribution in [0.15, 0.2) is 81.5 Å². The molecule has 0 unspecified atom stereocenters. The predicted molar refractivity (Wildman–Crippen MR) is 117 cm³/mol. The fourth-order valence-corrected chi connectivity index (χ4v) is 4.14. The molecule has 3 aromatic heterocycles. The van der Waals surface area contributed by atoms with Crippen molar-refractivity contribution in [3.8, 4) is 5.75 Å². The molecule has 33 heavy (non-hydrogen) atoms. The number of carbonyl (C=O) groups is 2. The van der Waals surface area contributed by atoms with E-state index in [2.05, 4.69) is 4.98 Å². The number of aliphatic hydroxyl groups is 1. The summed E-state index contributed by atoms with van der Waals surface area (Å²) < 4.78 is 18.5. The molecule has 5 rings (SSSR count). The molecule has 9 nitrogen and oxygen atoms in total. The van der Waals surface area contributed by atoms with E-state index in [0.29, 0.717) is 42.0 Å². The minimum Gasteiger partial charge on any atom is -0.503 e. The second kappa shape index (κ2) is 8.34. The van der Waals surface area contributed by atoms with Crippen molar-refractivity contribution in [2.75, 3.05) is 13.7 Å². The number of aromatic nitrogens is 2. The lowest BCUT2D eigenvalue weighted by Gasteiger charge is -2.24. The molecule has 0 fully saturated rings. The molecule has 0 saturated carbocycles. The van der Waals surface area contributed by atoms with E-state index in [4.69, 9.17) is 13.6 Å². The number of fused-ring (bicyclic) bond motifs is 1. The van der Waals surface area contributed by atoms with Crippen LogP contribution in [0.5, 0.6) is 5.75 Å². The summed E-state index contributed by atoms with van der Waals surface area (Å²) >= 11 is 0. The number of benzene rings is 1. The third-order valence-corrected chi connectivity index (χ3v) is 5.69. The Balaban J connectivity index is 1.48. The lowest BCUT2D eigenvalue weighted by Crippen LogP contribution is -2.32. The molecule has 4 aromatic rings. The standard InChI is InChI=1S/C24H21N3O6/c1-31-17-6-2-5-15-13-18(33-23(15)17)21(28)19-20(16-7-3-12-32-16)27(24(30)22(19)29)10-4-9-26-11-8-25-14-26/h2-3,5-8,11-14,20,29H,4,9-10H2,1H3/t20-/m1/s1. The van der Waals surface area contributed by atoms with Gasteiger partial charge in [-0.1, -0.05) is 12.1 Å². The first-order chi connectivity index (χ1) is 16.1. The van der Waals surface area contributed by atoms with Gasteiger partial charge in [-0.25, -0.2) is 4.98 Å². The van der Waals surface area contributed by atoms with Gasteiger partial charge < -0.3 is 28.1 Å². The number of carbonyl (C=O) groups excluding carboxylic acids is 2. The van der Waals surface area contributed by atoms with Gasteiger partial charge in [0.25, 0.3) is 5.91 Å². The minimum absolute atomic E-state index is 0.000622. The Morgan fingerprint density at radius 3 is 2.85 bits per heavy atom. The number of amides is 1. The molecule has 1 N–H and O–H groups in total. The summed E-state index contributed by atoms with van der Waals surface area (Å²) in [6.45, 7) is 0.930. The number of nitrogens with zero attached hydrogens (tertiary/aromatic N) is 3. The number of aliphatic hydroxyl groups excluding tert-OH is 1. The number of hydrogen-bond acceptors (Lipinski definition) is 7. The SMILES string of the molecule is COc1cccc2cc(C(=O)C3=C(O)C(=O)N(CCCn4ccnc4)[C@@H]3c3ccco3)oc12. The quantitative estimate of drug-likeness (QED) is 0.408. The van der Waals surface area contributed by atoms with Gasteiger partial charge in [-0.15, -0.1) is 0 Å². The monoisotopic (exact) mass is 447 g/mol. The van der Waals surface area contributed by atoms with Crippen LogP contribution < -0.4 is 4.74 Å². The summed E-state index contributed by atoms with van der Waals surface area (Å²) in [6.07, 6.45) is 7.26. The van der Waals surface area contributed by atoms with E-state index in [9.17, 15) is 14.7 Å². The van der Waals surface area contributed by atoms with Crippen molar-refractivity contribution in [2.45, 2.75) is 19.0 Å². The number of Topliss-reactive ketones (excluding diaryl/α,β-unsaturated/α-hetero) is 1. The topological polar surface area (TPSA) is 111 Å². The summed E-state index contributed by atoms with van der Waals surface area (Å²) in [5, 5.41) is 11.4. The highest BCUT2D eigenvalue weighted by atomic mass is 16.5. The van der Waals surface area contributed by atoms with Crippen LogP contribution in [0.3, 0.4) is 0 Å². The van der Waals surface area contributed by atoms with Crippen LogP contribution in [-0.4, -0.2) is 44.9 Å². The van der Waals surface area contributed by atoms with E-state index in [0.717, 1.165) is 0 Å². The lowest BCUT2D eigenvalue weighted by atomic mass is 9.99. The Kier molecular flexibility index (Phi) is 5.21. The molecule has 9 heteroatoms. The maximum Gasteiger partial charge on any atom is 0.290 e. The molecular formula is C24H21N3O6. The Labute approximate surface area is 188 Å². The largest absolute Gasteiger partial charge is 0.503 e. The molecule has 4 heterocycles. The number of ether oxygens (including phenoxy) is 1. The number of aryl methyl sites for hydroxylation is 1. The molecule has 0 bridgehead atoms. The fraction of sp³-hybridized carbons (Fsp3) is 0.208. The van der Waals surface area contributed by atoms with E-state index in [1.54, 1.807) is 48.9 Å². The number of hydrogen-bond donors (Lipinski definition) is 1. The zero-order valence-corrected chi connectivity index (χ0v) is 17.8. The highest BCUT2D eigenvalue weighted by molar-refractivity contribution is 6.16. The molecule has 0 spiro atoms. The van der Waals surface area contributed by atoms with Crippen molar-refractivity contribution in [1.29, 1.82) is 0 Å². The van der Waals surface area contributed by atoms with Crippen LogP contribution in [0.4, 0.5) is 0 Å². The number of imidazole rings is 1. The number of rotatable bonds is 8. The van der Waals surface area contributed by atoms with Gasteiger partial charge in [0.05, 0.1) is 25.3 Å². The highest BCUT2D eigenvalue weighted by Gasteiger charge is 2.45. The smallest absolute Gasteiger partial charge is 0.290 e. The summed E-state index contributed by atoms with van der Waals surface area (Å²) in [5.41, 5.74) is 0.343. The van der Waals surface area contributed by atoms with Gasteiger partial charge in [0.2, 0.25) is 5.78 Å². The van der Waals surface area contributed by atoms with Crippen molar-refractivity contribution in [1.82, 2.24) is 14.5 Å². The van der Waals surface area contributed by atoms with Crippen molar-refractivity contribution in [3.63, 3.8) is 0 Å². The fourth-order valence-electron chi connectivity index (χ4n) is 4.14. The second-order valence-corrected chi connectivity index (χ2v) is 7.65. The first-order valence-electron chi connectivity index (χ1n) is 10.4. The average molecular weight is 447 g/mol. The van der Waals surface area contributed by atoms with Gasteiger partial charge >= 0.3 is 0 Å². The maximum absolute atomic E-state index is 13.5. The van der Waals surface area contributed by atoms with Crippen LogP contribution in [0.2, 0.25) is 0 Å². The minimum atomic E-state index is -0.863. The lowest BCUT2D eigenvalue weighted by molar-refractivity contribution is -0.129. The van der Waals surface area contributed by atoms with Gasteiger partial charge in [0, 0.05) is 30.9 Å². The van der Waals surface area contributed by atoms with E-state index in [-0.39, 0.29) is 11.3 Å². The molecule has 0 saturated heterocycles. The first kappa shape index (κ1) is 20.6. The van der Waals surface area contributed by atoms with E-state index in [1.165, 1.54) is 18.3 Å². The normalized spacial score (nSPS) is 16.2. The van der Waals surface area contributed by atoms with Gasteiger partial charge in [0.15, 0.2) is 22.9 Å².